The van der Waals surface area contributed by atoms with Crippen molar-refractivity contribution in [1.29, 1.82) is 0 Å². The molecule has 420 valence electrons. The Morgan fingerprint density at radius 3 is 1.00 bits per heavy atom. The minimum absolute atomic E-state index is 0.0107. The first-order valence-corrected chi connectivity index (χ1v) is 32.1. The molecule has 6 nitrogen and oxygen atoms in total. The summed E-state index contributed by atoms with van der Waals surface area (Å²) in [4.78, 5) is 24.5. The van der Waals surface area contributed by atoms with Gasteiger partial charge >= 0.3 is 5.97 Å². The molecule has 2 unspecified atom stereocenters. The first kappa shape index (κ1) is 69.3. The van der Waals surface area contributed by atoms with Gasteiger partial charge in [-0.3, -0.25) is 9.59 Å². The van der Waals surface area contributed by atoms with Crippen molar-refractivity contribution in [2.75, 3.05) is 13.2 Å². The summed E-state index contributed by atoms with van der Waals surface area (Å²) in [7, 11) is 0. The first-order chi connectivity index (χ1) is 35.0. The van der Waals surface area contributed by atoms with E-state index < -0.39 is 12.1 Å². The van der Waals surface area contributed by atoms with Crippen molar-refractivity contribution in [3.63, 3.8) is 0 Å². The lowest BCUT2D eigenvalue weighted by Gasteiger charge is -2.20. The van der Waals surface area contributed by atoms with Gasteiger partial charge in [-0.15, -0.1) is 0 Å². The summed E-state index contributed by atoms with van der Waals surface area (Å²) in [5.74, 6) is -0.0542. The van der Waals surface area contributed by atoms with Gasteiger partial charge in [0, 0.05) is 12.8 Å². The molecule has 0 aliphatic rings. The number of hydrogen-bond acceptors (Lipinski definition) is 5. The van der Waals surface area contributed by atoms with Gasteiger partial charge in [0.1, 0.15) is 0 Å². The van der Waals surface area contributed by atoms with E-state index in [-0.39, 0.29) is 18.5 Å². The lowest BCUT2D eigenvalue weighted by molar-refractivity contribution is -0.143. The molecule has 0 aromatic carbocycles. The van der Waals surface area contributed by atoms with Gasteiger partial charge in [-0.05, 0) is 57.8 Å². The zero-order chi connectivity index (χ0) is 51.4. The Morgan fingerprint density at radius 2 is 0.662 bits per heavy atom. The highest BCUT2D eigenvalue weighted by atomic mass is 16.5. The minimum atomic E-state index is -0.840. The third kappa shape index (κ3) is 57.5. The Labute approximate surface area is 443 Å². The number of allylic oxidation sites excluding steroid dienone is 3. The highest BCUT2D eigenvalue weighted by molar-refractivity contribution is 5.76. The van der Waals surface area contributed by atoms with E-state index in [4.69, 9.17) is 4.74 Å². The standard InChI is InChI=1S/C65H125NO5/c1-3-5-7-9-11-13-15-16-31-35-39-43-47-51-55-59-65(70)71-60-56-52-48-44-40-36-33-30-28-26-24-22-20-18-17-19-21-23-25-27-29-32-34-38-42-46-50-54-58-64(69)66-62(61-67)63(68)57-53-49-45-41-37-14-12-10-8-6-4-2/h16,31,53,57,62-63,67-68H,3-15,17-30,32-52,54-56,58-61H2,1-2H3,(H,66,69)/b31-16-,57-53+. The summed E-state index contributed by atoms with van der Waals surface area (Å²) >= 11 is 0. The Morgan fingerprint density at radius 1 is 0.380 bits per heavy atom. The van der Waals surface area contributed by atoms with Gasteiger partial charge in [0.05, 0.1) is 25.4 Å². The number of ether oxygens (including phenoxy) is 1. The molecule has 71 heavy (non-hydrogen) atoms. The van der Waals surface area contributed by atoms with Gasteiger partial charge in [0.2, 0.25) is 5.91 Å². The van der Waals surface area contributed by atoms with Crippen LogP contribution in [0.1, 0.15) is 354 Å². The van der Waals surface area contributed by atoms with Crippen LogP contribution < -0.4 is 5.32 Å². The lowest BCUT2D eigenvalue weighted by atomic mass is 10.0. The quantitative estimate of drug-likeness (QED) is 0.0320. The predicted molar refractivity (Wildman–Crippen MR) is 310 cm³/mol. The van der Waals surface area contributed by atoms with Gasteiger partial charge in [0.25, 0.3) is 0 Å². The Balaban J connectivity index is 3.33. The molecule has 0 radical (unpaired) electrons. The number of nitrogens with one attached hydrogen (secondary N) is 1. The topological polar surface area (TPSA) is 95.9 Å². The first-order valence-electron chi connectivity index (χ1n) is 32.1. The Hall–Kier alpha value is -1.66. The molecule has 0 bridgehead atoms. The third-order valence-electron chi connectivity index (χ3n) is 15.0. The van der Waals surface area contributed by atoms with Crippen LogP contribution in [0.2, 0.25) is 0 Å². The van der Waals surface area contributed by atoms with E-state index in [1.54, 1.807) is 6.08 Å². The van der Waals surface area contributed by atoms with Crippen LogP contribution in [-0.2, 0) is 14.3 Å². The van der Waals surface area contributed by atoms with Crippen molar-refractivity contribution < 1.29 is 24.5 Å². The average Bonchev–Trinajstić information content (AvgIpc) is 3.37. The highest BCUT2D eigenvalue weighted by Gasteiger charge is 2.18. The van der Waals surface area contributed by atoms with Crippen LogP contribution in [0.3, 0.4) is 0 Å². The SMILES string of the molecule is CCCCCCCC/C=C\CCCCCCCC(=O)OCCCCCCCCCCCCCCCCCCCCCCCCCCCCCCC(=O)NC(CO)C(O)/C=C/CCCCCCCCCCC. The second-order valence-corrected chi connectivity index (χ2v) is 22.1. The number of unbranched alkanes of at least 4 members (excludes halogenated alkanes) is 47. The number of esters is 1. The van der Waals surface area contributed by atoms with E-state index >= 15 is 0 Å². The van der Waals surface area contributed by atoms with Gasteiger partial charge in [-0.25, -0.2) is 0 Å². The number of aliphatic hydroxyl groups is 2. The molecule has 0 aromatic heterocycles. The summed E-state index contributed by atoms with van der Waals surface area (Å²) in [5, 5.41) is 23.0. The van der Waals surface area contributed by atoms with Crippen molar-refractivity contribution in [3.8, 4) is 0 Å². The molecule has 2 atom stereocenters. The molecule has 3 N–H and O–H groups in total. The smallest absolute Gasteiger partial charge is 0.305 e. The molecule has 0 fully saturated rings. The van der Waals surface area contributed by atoms with Gasteiger partial charge in [-0.2, -0.15) is 0 Å². The van der Waals surface area contributed by atoms with Gasteiger partial charge in [0.15, 0.2) is 0 Å². The zero-order valence-electron chi connectivity index (χ0n) is 48.0. The van der Waals surface area contributed by atoms with Crippen LogP contribution in [-0.4, -0.2) is 47.4 Å². The van der Waals surface area contributed by atoms with Crippen molar-refractivity contribution in [1.82, 2.24) is 5.32 Å². The van der Waals surface area contributed by atoms with Crippen molar-refractivity contribution in [2.45, 2.75) is 366 Å². The fourth-order valence-corrected chi connectivity index (χ4v) is 10.0. The average molecular weight is 1000 g/mol. The Bertz CT molecular complexity index is 1110. The summed E-state index contributed by atoms with van der Waals surface area (Å²) in [6.07, 6.45) is 75.3. The van der Waals surface area contributed by atoms with Crippen LogP contribution in [0.4, 0.5) is 0 Å². The van der Waals surface area contributed by atoms with E-state index in [1.807, 2.05) is 6.08 Å². The van der Waals surface area contributed by atoms with Crippen molar-refractivity contribution in [3.05, 3.63) is 24.3 Å². The lowest BCUT2D eigenvalue weighted by Crippen LogP contribution is -2.45. The summed E-state index contributed by atoms with van der Waals surface area (Å²) in [6.45, 7) is 4.90. The third-order valence-corrected chi connectivity index (χ3v) is 15.0. The second-order valence-electron chi connectivity index (χ2n) is 22.1. The number of aliphatic hydroxyl groups excluding tert-OH is 2. The maximum atomic E-state index is 12.4. The Kier molecular flexibility index (Phi) is 59.5. The van der Waals surface area contributed by atoms with Crippen molar-refractivity contribution in [2.24, 2.45) is 0 Å². The molecule has 0 aromatic rings. The van der Waals surface area contributed by atoms with Crippen LogP contribution in [0.5, 0.6) is 0 Å². The molecular formula is C65H125NO5. The zero-order valence-corrected chi connectivity index (χ0v) is 48.0. The van der Waals surface area contributed by atoms with Crippen LogP contribution in [0.15, 0.2) is 24.3 Å². The number of carbonyl (C=O) groups is 2. The van der Waals surface area contributed by atoms with Gasteiger partial charge < -0.3 is 20.3 Å². The molecule has 6 heteroatoms. The summed E-state index contributed by atoms with van der Waals surface area (Å²) < 4.78 is 5.49. The number of carbonyl (C=O) groups excluding carboxylic acids is 2. The van der Waals surface area contributed by atoms with Crippen LogP contribution in [0.25, 0.3) is 0 Å². The van der Waals surface area contributed by atoms with E-state index in [1.165, 1.54) is 283 Å². The van der Waals surface area contributed by atoms with E-state index in [2.05, 4.69) is 31.3 Å². The second kappa shape index (κ2) is 60.9. The highest BCUT2D eigenvalue weighted by Crippen LogP contribution is 2.18. The van der Waals surface area contributed by atoms with Crippen LogP contribution in [0, 0.1) is 0 Å². The molecule has 0 saturated heterocycles. The molecular weight excluding hydrogens is 875 g/mol. The van der Waals surface area contributed by atoms with E-state index in [9.17, 15) is 19.8 Å². The monoisotopic (exact) mass is 1000 g/mol. The summed E-state index contributed by atoms with van der Waals surface area (Å²) in [6, 6.07) is -0.623. The van der Waals surface area contributed by atoms with E-state index in [0.717, 1.165) is 44.9 Å². The molecule has 0 rings (SSSR count). The molecule has 0 saturated carbocycles. The number of rotatable bonds is 60. The number of amides is 1. The molecule has 0 spiro atoms. The summed E-state index contributed by atoms with van der Waals surface area (Å²) in [5.41, 5.74) is 0. The van der Waals surface area contributed by atoms with Crippen LogP contribution >= 0.6 is 0 Å². The fraction of sp³-hybridized carbons (Fsp3) is 0.908. The van der Waals surface area contributed by atoms with Gasteiger partial charge in [-0.1, -0.05) is 308 Å². The molecule has 0 aliphatic heterocycles. The predicted octanol–water partition coefficient (Wildman–Crippen LogP) is 20.2. The normalized spacial score (nSPS) is 12.7. The fourth-order valence-electron chi connectivity index (χ4n) is 10.0. The minimum Gasteiger partial charge on any atom is -0.466 e. The molecule has 0 aliphatic carbocycles. The van der Waals surface area contributed by atoms with E-state index in [0.29, 0.717) is 19.4 Å². The maximum absolute atomic E-state index is 12.4. The maximum Gasteiger partial charge on any atom is 0.305 e. The van der Waals surface area contributed by atoms with Crippen molar-refractivity contribution >= 4 is 11.9 Å². The molecule has 0 heterocycles. The largest absolute Gasteiger partial charge is 0.466 e. The number of hydrogen-bond donors (Lipinski definition) is 3. The molecule has 1 amide bonds.